The van der Waals surface area contributed by atoms with Crippen molar-refractivity contribution >= 4 is 11.6 Å². The lowest BCUT2D eigenvalue weighted by molar-refractivity contribution is 0.437. The number of halogens is 2. The van der Waals surface area contributed by atoms with Crippen molar-refractivity contribution in [3.05, 3.63) is 34.9 Å². The van der Waals surface area contributed by atoms with Crippen molar-refractivity contribution in [3.63, 3.8) is 0 Å². The molecule has 2 N–H and O–H groups in total. The van der Waals surface area contributed by atoms with Gasteiger partial charge >= 0.3 is 0 Å². The van der Waals surface area contributed by atoms with Crippen molar-refractivity contribution in [3.8, 4) is 0 Å². The van der Waals surface area contributed by atoms with Gasteiger partial charge in [-0.05, 0) is 17.7 Å². The molecular formula is C8H9ClFN. The van der Waals surface area contributed by atoms with Gasteiger partial charge < -0.3 is 5.73 Å². The van der Waals surface area contributed by atoms with E-state index < -0.39 is 12.7 Å². The summed E-state index contributed by atoms with van der Waals surface area (Å²) >= 11 is 5.62. The van der Waals surface area contributed by atoms with Gasteiger partial charge in [-0.1, -0.05) is 23.7 Å². The van der Waals surface area contributed by atoms with E-state index in [0.29, 0.717) is 5.02 Å². The van der Waals surface area contributed by atoms with Crippen LogP contribution in [0.5, 0.6) is 0 Å². The Balaban J connectivity index is 2.81. The summed E-state index contributed by atoms with van der Waals surface area (Å²) in [6.07, 6.45) is 0. The lowest BCUT2D eigenvalue weighted by Gasteiger charge is -2.05. The first-order chi connectivity index (χ1) is 5.24. The average Bonchev–Trinajstić information content (AvgIpc) is 2.05. The summed E-state index contributed by atoms with van der Waals surface area (Å²) in [7, 11) is 0. The summed E-state index contributed by atoms with van der Waals surface area (Å²) in [4.78, 5) is 0. The molecule has 11 heavy (non-hydrogen) atoms. The molecule has 1 rings (SSSR count). The first-order valence-electron chi connectivity index (χ1n) is 3.31. The maximum atomic E-state index is 12.0. The summed E-state index contributed by atoms with van der Waals surface area (Å²) in [6, 6.07) is 6.34. The van der Waals surface area contributed by atoms with Crippen molar-refractivity contribution in [2.45, 2.75) is 6.04 Å². The summed E-state index contributed by atoms with van der Waals surface area (Å²) in [5.41, 5.74) is 6.20. The molecule has 0 saturated carbocycles. The molecule has 0 aromatic heterocycles. The minimum Gasteiger partial charge on any atom is -0.322 e. The van der Waals surface area contributed by atoms with Crippen molar-refractivity contribution in [1.82, 2.24) is 0 Å². The molecule has 1 aromatic rings. The summed E-state index contributed by atoms with van der Waals surface area (Å²) < 4.78 is 12.0. The molecule has 0 amide bonds. The van der Waals surface area contributed by atoms with E-state index in [9.17, 15) is 4.39 Å². The maximum absolute atomic E-state index is 12.0. The van der Waals surface area contributed by atoms with Gasteiger partial charge in [-0.3, -0.25) is 0 Å². The van der Waals surface area contributed by atoms with E-state index in [1.807, 2.05) is 0 Å². The van der Waals surface area contributed by atoms with Gasteiger partial charge in [0.1, 0.15) is 6.67 Å². The largest absolute Gasteiger partial charge is 0.322 e. The van der Waals surface area contributed by atoms with Gasteiger partial charge in [-0.25, -0.2) is 4.39 Å². The fourth-order valence-electron chi connectivity index (χ4n) is 0.799. The van der Waals surface area contributed by atoms with Crippen LogP contribution in [0.15, 0.2) is 24.3 Å². The molecule has 0 heterocycles. The van der Waals surface area contributed by atoms with Crippen molar-refractivity contribution in [1.29, 1.82) is 0 Å². The zero-order valence-corrected chi connectivity index (χ0v) is 6.68. The standard InChI is InChI=1S/C8H9ClFN/c9-7-3-1-6(2-4-7)8(11)5-10/h1-4,8H,5,11H2/t8-/m0/s1. The highest BCUT2D eigenvalue weighted by atomic mass is 35.5. The van der Waals surface area contributed by atoms with E-state index in [1.54, 1.807) is 24.3 Å². The van der Waals surface area contributed by atoms with E-state index in [-0.39, 0.29) is 0 Å². The SMILES string of the molecule is N[C@@H](CF)c1ccc(Cl)cc1. The highest BCUT2D eigenvalue weighted by Gasteiger charge is 2.03. The fraction of sp³-hybridized carbons (Fsp3) is 0.250. The van der Waals surface area contributed by atoms with Crippen LogP contribution in [0, 0.1) is 0 Å². The first kappa shape index (κ1) is 8.50. The van der Waals surface area contributed by atoms with Crippen LogP contribution in [0.25, 0.3) is 0 Å². The highest BCUT2D eigenvalue weighted by Crippen LogP contribution is 2.14. The van der Waals surface area contributed by atoms with Gasteiger partial charge in [0.2, 0.25) is 0 Å². The third kappa shape index (κ3) is 2.17. The lowest BCUT2D eigenvalue weighted by atomic mass is 10.1. The Labute approximate surface area is 70.0 Å². The Morgan fingerprint density at radius 3 is 2.36 bits per heavy atom. The van der Waals surface area contributed by atoms with Crippen LogP contribution in [0.4, 0.5) is 4.39 Å². The topological polar surface area (TPSA) is 26.0 Å². The second kappa shape index (κ2) is 3.69. The predicted octanol–water partition coefficient (Wildman–Crippen LogP) is 2.31. The maximum Gasteiger partial charge on any atom is 0.109 e. The van der Waals surface area contributed by atoms with Crippen LogP contribution in [0.2, 0.25) is 5.02 Å². The Bertz CT molecular complexity index is 222. The van der Waals surface area contributed by atoms with Crippen LogP contribution < -0.4 is 5.73 Å². The van der Waals surface area contributed by atoms with Gasteiger partial charge in [0.15, 0.2) is 0 Å². The van der Waals surface area contributed by atoms with E-state index >= 15 is 0 Å². The number of nitrogens with two attached hydrogens (primary N) is 1. The van der Waals surface area contributed by atoms with Crippen molar-refractivity contribution in [2.24, 2.45) is 5.73 Å². The zero-order valence-electron chi connectivity index (χ0n) is 5.93. The van der Waals surface area contributed by atoms with Crippen molar-refractivity contribution in [2.75, 3.05) is 6.67 Å². The molecule has 0 aliphatic rings. The van der Waals surface area contributed by atoms with Crippen LogP contribution >= 0.6 is 11.6 Å². The van der Waals surface area contributed by atoms with E-state index in [2.05, 4.69) is 0 Å². The number of benzene rings is 1. The molecule has 0 bridgehead atoms. The van der Waals surface area contributed by atoms with E-state index in [4.69, 9.17) is 17.3 Å². The van der Waals surface area contributed by atoms with Gasteiger partial charge in [-0.2, -0.15) is 0 Å². The molecule has 0 fully saturated rings. The molecule has 0 aliphatic heterocycles. The van der Waals surface area contributed by atoms with E-state index in [1.165, 1.54) is 0 Å². The molecule has 0 saturated heterocycles. The first-order valence-corrected chi connectivity index (χ1v) is 3.69. The Hall–Kier alpha value is -0.600. The highest BCUT2D eigenvalue weighted by molar-refractivity contribution is 6.30. The number of hydrogen-bond acceptors (Lipinski definition) is 1. The quantitative estimate of drug-likeness (QED) is 0.730. The van der Waals surface area contributed by atoms with Gasteiger partial charge in [0.25, 0.3) is 0 Å². The Morgan fingerprint density at radius 1 is 1.36 bits per heavy atom. The fourth-order valence-corrected chi connectivity index (χ4v) is 0.925. The molecule has 0 radical (unpaired) electrons. The number of hydrogen-bond donors (Lipinski definition) is 1. The summed E-state index contributed by atoms with van der Waals surface area (Å²) in [5.74, 6) is 0. The van der Waals surface area contributed by atoms with Gasteiger partial charge in [0.05, 0.1) is 6.04 Å². The number of alkyl halides is 1. The molecule has 3 heteroatoms. The average molecular weight is 174 g/mol. The second-order valence-electron chi connectivity index (χ2n) is 2.31. The molecule has 1 atom stereocenters. The smallest absolute Gasteiger partial charge is 0.109 e. The van der Waals surface area contributed by atoms with Crippen LogP contribution in [-0.4, -0.2) is 6.67 Å². The van der Waals surface area contributed by atoms with Crippen LogP contribution in [-0.2, 0) is 0 Å². The molecule has 1 nitrogen and oxygen atoms in total. The van der Waals surface area contributed by atoms with Crippen LogP contribution in [0.1, 0.15) is 11.6 Å². The Morgan fingerprint density at radius 2 is 1.91 bits per heavy atom. The van der Waals surface area contributed by atoms with Crippen LogP contribution in [0.3, 0.4) is 0 Å². The van der Waals surface area contributed by atoms with Crippen molar-refractivity contribution < 1.29 is 4.39 Å². The molecule has 0 unspecified atom stereocenters. The Kier molecular flexibility index (Phi) is 2.85. The predicted molar refractivity (Wildman–Crippen MR) is 44.4 cm³/mol. The van der Waals surface area contributed by atoms with E-state index in [0.717, 1.165) is 5.56 Å². The minimum atomic E-state index is -0.540. The van der Waals surface area contributed by atoms with Gasteiger partial charge in [0, 0.05) is 5.02 Å². The normalized spacial score (nSPS) is 13.0. The molecular weight excluding hydrogens is 165 g/mol. The third-order valence-corrected chi connectivity index (χ3v) is 1.72. The molecule has 0 spiro atoms. The monoisotopic (exact) mass is 173 g/mol. The zero-order chi connectivity index (χ0) is 8.27. The summed E-state index contributed by atoms with van der Waals surface area (Å²) in [6.45, 7) is -0.540. The molecule has 0 aliphatic carbocycles. The second-order valence-corrected chi connectivity index (χ2v) is 2.75. The third-order valence-electron chi connectivity index (χ3n) is 1.46. The van der Waals surface area contributed by atoms with Gasteiger partial charge in [-0.15, -0.1) is 0 Å². The summed E-state index contributed by atoms with van der Waals surface area (Å²) in [5, 5.41) is 0.639. The minimum absolute atomic E-state index is 0.521. The molecule has 60 valence electrons. The number of rotatable bonds is 2. The lowest BCUT2D eigenvalue weighted by Crippen LogP contribution is -2.11. The molecule has 1 aromatic carbocycles.